The highest BCUT2D eigenvalue weighted by Gasteiger charge is 2.08. The molecule has 0 unspecified atom stereocenters. The molecule has 24 heavy (non-hydrogen) atoms. The Morgan fingerprint density at radius 2 is 1.25 bits per heavy atom. The Morgan fingerprint density at radius 3 is 1.79 bits per heavy atom. The summed E-state index contributed by atoms with van der Waals surface area (Å²) in [6.45, 7) is 0. The first-order valence-electron chi connectivity index (χ1n) is 7.35. The highest BCUT2D eigenvalue weighted by atomic mass is 16.6. The van der Waals surface area contributed by atoms with E-state index in [0.29, 0.717) is 11.1 Å². The standard InChI is InChI=1S/C19H14N2O3/c22-19(14-4-2-1-3-5-14)15-6-8-16(9-7-15)20-17-10-12-18(13-11-17)21(23)24/h1-13,20H. The Bertz CT molecular complexity index is 857. The number of nitrogens with zero attached hydrogens (tertiary/aromatic N) is 1. The molecular formula is C19H14N2O3. The van der Waals surface area contributed by atoms with Crippen molar-refractivity contribution in [2.75, 3.05) is 5.32 Å². The maximum atomic E-state index is 12.3. The molecule has 0 spiro atoms. The van der Waals surface area contributed by atoms with Gasteiger partial charge in [-0.25, -0.2) is 0 Å². The summed E-state index contributed by atoms with van der Waals surface area (Å²) in [5, 5.41) is 13.8. The van der Waals surface area contributed by atoms with Crippen molar-refractivity contribution in [1.82, 2.24) is 0 Å². The molecule has 0 aliphatic heterocycles. The van der Waals surface area contributed by atoms with Gasteiger partial charge >= 0.3 is 0 Å². The smallest absolute Gasteiger partial charge is 0.269 e. The van der Waals surface area contributed by atoms with Gasteiger partial charge in [-0.1, -0.05) is 30.3 Å². The summed E-state index contributed by atoms with van der Waals surface area (Å²) in [6.07, 6.45) is 0. The number of carbonyl (C=O) groups excluding carboxylic acids is 1. The number of nitrogens with one attached hydrogen (secondary N) is 1. The van der Waals surface area contributed by atoms with E-state index in [9.17, 15) is 14.9 Å². The summed E-state index contributed by atoms with van der Waals surface area (Å²) in [5.74, 6) is -0.0301. The number of carbonyl (C=O) groups is 1. The fraction of sp³-hybridized carbons (Fsp3) is 0. The van der Waals surface area contributed by atoms with Crippen molar-refractivity contribution < 1.29 is 9.72 Å². The van der Waals surface area contributed by atoms with Crippen LogP contribution in [0.3, 0.4) is 0 Å². The zero-order chi connectivity index (χ0) is 16.9. The summed E-state index contributed by atoms with van der Waals surface area (Å²) < 4.78 is 0. The van der Waals surface area contributed by atoms with Crippen LogP contribution in [0.15, 0.2) is 78.9 Å². The summed E-state index contributed by atoms with van der Waals surface area (Å²) in [5.41, 5.74) is 2.84. The SMILES string of the molecule is O=C(c1ccccc1)c1ccc(Nc2ccc([N+](=O)[O-])cc2)cc1. The largest absolute Gasteiger partial charge is 0.356 e. The van der Waals surface area contributed by atoms with Crippen LogP contribution in [-0.2, 0) is 0 Å². The molecule has 0 radical (unpaired) electrons. The van der Waals surface area contributed by atoms with Crippen LogP contribution in [0.1, 0.15) is 15.9 Å². The van der Waals surface area contributed by atoms with Gasteiger partial charge in [-0.3, -0.25) is 14.9 Å². The second-order valence-electron chi connectivity index (χ2n) is 5.20. The van der Waals surface area contributed by atoms with E-state index in [1.807, 2.05) is 18.2 Å². The number of non-ortho nitro benzene ring substituents is 1. The van der Waals surface area contributed by atoms with Crippen molar-refractivity contribution in [2.24, 2.45) is 0 Å². The number of hydrogen-bond acceptors (Lipinski definition) is 4. The van der Waals surface area contributed by atoms with Crippen LogP contribution in [0.5, 0.6) is 0 Å². The molecule has 3 rings (SSSR count). The van der Waals surface area contributed by atoms with Crippen molar-refractivity contribution in [3.63, 3.8) is 0 Å². The topological polar surface area (TPSA) is 72.2 Å². The molecule has 118 valence electrons. The third-order valence-corrected chi connectivity index (χ3v) is 3.55. The molecule has 3 aromatic rings. The quantitative estimate of drug-likeness (QED) is 0.425. The predicted molar refractivity (Wildman–Crippen MR) is 92.7 cm³/mol. The molecular weight excluding hydrogens is 304 g/mol. The second-order valence-corrected chi connectivity index (χ2v) is 5.20. The maximum absolute atomic E-state index is 12.3. The maximum Gasteiger partial charge on any atom is 0.269 e. The lowest BCUT2D eigenvalue weighted by molar-refractivity contribution is -0.384. The normalized spacial score (nSPS) is 10.2. The number of benzene rings is 3. The molecule has 0 bridgehead atoms. The molecule has 0 aromatic heterocycles. The first kappa shape index (κ1) is 15.4. The Labute approximate surface area is 138 Å². The molecule has 1 N–H and O–H groups in total. The summed E-state index contributed by atoms with van der Waals surface area (Å²) in [4.78, 5) is 22.5. The van der Waals surface area contributed by atoms with Gasteiger partial charge in [-0.05, 0) is 36.4 Å². The zero-order valence-corrected chi connectivity index (χ0v) is 12.7. The molecule has 5 heteroatoms. The van der Waals surface area contributed by atoms with Gasteiger partial charge < -0.3 is 5.32 Å². The van der Waals surface area contributed by atoms with Crippen LogP contribution in [0.4, 0.5) is 17.1 Å². The molecule has 0 aliphatic rings. The van der Waals surface area contributed by atoms with Gasteiger partial charge in [-0.2, -0.15) is 0 Å². The van der Waals surface area contributed by atoms with Gasteiger partial charge in [0, 0.05) is 34.6 Å². The molecule has 0 heterocycles. The molecule has 0 saturated carbocycles. The monoisotopic (exact) mass is 318 g/mol. The number of rotatable bonds is 5. The van der Waals surface area contributed by atoms with Crippen molar-refractivity contribution in [3.05, 3.63) is 100 Å². The molecule has 0 fully saturated rings. The van der Waals surface area contributed by atoms with Crippen molar-refractivity contribution in [1.29, 1.82) is 0 Å². The zero-order valence-electron chi connectivity index (χ0n) is 12.7. The van der Waals surface area contributed by atoms with Gasteiger partial charge in [0.25, 0.3) is 5.69 Å². The van der Waals surface area contributed by atoms with E-state index < -0.39 is 4.92 Å². The van der Waals surface area contributed by atoms with E-state index in [1.54, 1.807) is 48.5 Å². The summed E-state index contributed by atoms with van der Waals surface area (Å²) >= 11 is 0. The minimum absolute atomic E-state index is 0.0301. The number of nitro benzene ring substituents is 1. The van der Waals surface area contributed by atoms with E-state index >= 15 is 0 Å². The highest BCUT2D eigenvalue weighted by molar-refractivity contribution is 6.09. The van der Waals surface area contributed by atoms with Crippen molar-refractivity contribution in [3.8, 4) is 0 Å². The minimum Gasteiger partial charge on any atom is -0.356 e. The minimum atomic E-state index is -0.437. The average Bonchev–Trinajstić information content (AvgIpc) is 2.63. The van der Waals surface area contributed by atoms with E-state index in [-0.39, 0.29) is 11.5 Å². The Hall–Kier alpha value is -3.47. The molecule has 5 nitrogen and oxygen atoms in total. The summed E-state index contributed by atoms with van der Waals surface area (Å²) in [6, 6.07) is 22.4. The van der Waals surface area contributed by atoms with Crippen LogP contribution in [-0.4, -0.2) is 10.7 Å². The summed E-state index contributed by atoms with van der Waals surface area (Å²) in [7, 11) is 0. The average molecular weight is 318 g/mol. The predicted octanol–water partition coefficient (Wildman–Crippen LogP) is 4.57. The Balaban J connectivity index is 1.72. The van der Waals surface area contributed by atoms with E-state index in [0.717, 1.165) is 11.4 Å². The molecule has 0 amide bonds. The third-order valence-electron chi connectivity index (χ3n) is 3.55. The van der Waals surface area contributed by atoms with Gasteiger partial charge in [0.1, 0.15) is 0 Å². The first-order chi connectivity index (χ1) is 11.6. The van der Waals surface area contributed by atoms with Crippen LogP contribution in [0.25, 0.3) is 0 Å². The lowest BCUT2D eigenvalue weighted by atomic mass is 10.0. The van der Waals surface area contributed by atoms with Gasteiger partial charge in [-0.15, -0.1) is 0 Å². The van der Waals surface area contributed by atoms with Crippen LogP contribution >= 0.6 is 0 Å². The van der Waals surface area contributed by atoms with Crippen LogP contribution in [0.2, 0.25) is 0 Å². The second kappa shape index (κ2) is 6.75. The molecule has 3 aromatic carbocycles. The fourth-order valence-corrected chi connectivity index (χ4v) is 2.29. The van der Waals surface area contributed by atoms with E-state index in [4.69, 9.17) is 0 Å². The van der Waals surface area contributed by atoms with E-state index in [1.165, 1.54) is 12.1 Å². The fourth-order valence-electron chi connectivity index (χ4n) is 2.29. The lowest BCUT2D eigenvalue weighted by Crippen LogP contribution is -2.01. The van der Waals surface area contributed by atoms with Crippen molar-refractivity contribution >= 4 is 22.8 Å². The van der Waals surface area contributed by atoms with Crippen LogP contribution in [0, 0.1) is 10.1 Å². The molecule has 0 aliphatic carbocycles. The van der Waals surface area contributed by atoms with Crippen LogP contribution < -0.4 is 5.32 Å². The molecule has 0 saturated heterocycles. The molecule has 0 atom stereocenters. The Morgan fingerprint density at radius 1 is 0.750 bits per heavy atom. The lowest BCUT2D eigenvalue weighted by Gasteiger charge is -2.07. The van der Waals surface area contributed by atoms with E-state index in [2.05, 4.69) is 5.32 Å². The first-order valence-corrected chi connectivity index (χ1v) is 7.35. The van der Waals surface area contributed by atoms with Crippen molar-refractivity contribution in [2.45, 2.75) is 0 Å². The number of ketones is 1. The third kappa shape index (κ3) is 3.47. The Kier molecular flexibility index (Phi) is 4.34. The number of hydrogen-bond donors (Lipinski definition) is 1. The number of nitro groups is 1. The van der Waals surface area contributed by atoms with Gasteiger partial charge in [0.2, 0.25) is 0 Å². The van der Waals surface area contributed by atoms with Gasteiger partial charge in [0.15, 0.2) is 5.78 Å². The number of anilines is 2. The highest BCUT2D eigenvalue weighted by Crippen LogP contribution is 2.21. The van der Waals surface area contributed by atoms with Gasteiger partial charge in [0.05, 0.1) is 4.92 Å².